The van der Waals surface area contributed by atoms with Gasteiger partial charge in [-0.1, -0.05) is 18.2 Å². The fourth-order valence-corrected chi connectivity index (χ4v) is 1.74. The first-order valence-electron chi connectivity index (χ1n) is 6.59. The number of rotatable bonds is 3. The Balaban J connectivity index is 1.93. The van der Waals surface area contributed by atoms with Gasteiger partial charge in [-0.2, -0.15) is 0 Å². The van der Waals surface area contributed by atoms with Gasteiger partial charge in [-0.15, -0.1) is 0 Å². The number of carbonyl (C=O) groups excluding carboxylic acids is 3. The summed E-state index contributed by atoms with van der Waals surface area (Å²) in [6.45, 7) is 1.41. The molecule has 2 aromatic rings. The second kappa shape index (κ2) is 7.03. The summed E-state index contributed by atoms with van der Waals surface area (Å²) < 4.78 is 0. The van der Waals surface area contributed by atoms with Crippen LogP contribution in [0.5, 0.6) is 0 Å². The van der Waals surface area contributed by atoms with Crippen molar-refractivity contribution in [2.45, 2.75) is 6.92 Å². The van der Waals surface area contributed by atoms with Crippen LogP contribution in [-0.2, 0) is 14.4 Å². The fourth-order valence-electron chi connectivity index (χ4n) is 1.74. The van der Waals surface area contributed by atoms with Crippen molar-refractivity contribution < 1.29 is 14.4 Å². The van der Waals surface area contributed by atoms with E-state index in [1.807, 2.05) is 6.07 Å². The van der Waals surface area contributed by atoms with Gasteiger partial charge in [0.05, 0.1) is 0 Å². The molecule has 0 saturated carbocycles. The number of hydrogen-bond acceptors (Lipinski definition) is 3. The van der Waals surface area contributed by atoms with Gasteiger partial charge in [-0.25, -0.2) is 0 Å². The van der Waals surface area contributed by atoms with E-state index in [1.54, 1.807) is 48.5 Å². The van der Waals surface area contributed by atoms with E-state index in [0.717, 1.165) is 0 Å². The number of nitrogens with one attached hydrogen (secondary N) is 3. The third-order valence-electron chi connectivity index (χ3n) is 2.70. The molecule has 0 radical (unpaired) electrons. The second-order valence-electron chi connectivity index (χ2n) is 4.53. The molecule has 112 valence electrons. The molecule has 0 aromatic heterocycles. The Morgan fingerprint density at radius 1 is 0.636 bits per heavy atom. The van der Waals surface area contributed by atoms with Crippen molar-refractivity contribution in [3.05, 3.63) is 54.6 Å². The largest absolute Gasteiger partial charge is 0.326 e. The molecule has 3 amide bonds. The lowest BCUT2D eigenvalue weighted by Crippen LogP contribution is -2.29. The summed E-state index contributed by atoms with van der Waals surface area (Å²) in [4.78, 5) is 34.4. The monoisotopic (exact) mass is 297 g/mol. The van der Waals surface area contributed by atoms with Gasteiger partial charge in [-0.05, 0) is 36.4 Å². The van der Waals surface area contributed by atoms with E-state index < -0.39 is 11.8 Å². The number of para-hydroxylation sites is 1. The topological polar surface area (TPSA) is 87.3 Å². The first kappa shape index (κ1) is 15.2. The van der Waals surface area contributed by atoms with Gasteiger partial charge < -0.3 is 16.0 Å². The molecule has 0 unspecified atom stereocenters. The average Bonchev–Trinajstić information content (AvgIpc) is 2.49. The Morgan fingerprint density at radius 2 is 1.05 bits per heavy atom. The van der Waals surface area contributed by atoms with Crippen LogP contribution in [0.4, 0.5) is 17.1 Å². The van der Waals surface area contributed by atoms with Crippen LogP contribution in [0, 0.1) is 0 Å². The van der Waals surface area contributed by atoms with Gasteiger partial charge in [0.1, 0.15) is 0 Å². The lowest BCUT2D eigenvalue weighted by molar-refractivity contribution is -0.132. The number of carbonyl (C=O) groups is 3. The molecule has 3 N–H and O–H groups in total. The molecule has 0 atom stereocenters. The van der Waals surface area contributed by atoms with E-state index in [1.165, 1.54) is 6.92 Å². The van der Waals surface area contributed by atoms with Gasteiger partial charge in [0, 0.05) is 24.0 Å². The van der Waals surface area contributed by atoms with Gasteiger partial charge in [-0.3, -0.25) is 14.4 Å². The molecule has 0 bridgehead atoms. The van der Waals surface area contributed by atoms with Crippen molar-refractivity contribution in [3.63, 3.8) is 0 Å². The first-order valence-corrected chi connectivity index (χ1v) is 6.59. The Bertz CT molecular complexity index is 682. The Kier molecular flexibility index (Phi) is 4.87. The van der Waals surface area contributed by atoms with Gasteiger partial charge in [0.2, 0.25) is 5.91 Å². The number of anilines is 3. The Hall–Kier alpha value is -3.15. The molecule has 0 aliphatic carbocycles. The molecule has 22 heavy (non-hydrogen) atoms. The molecule has 0 heterocycles. The SMILES string of the molecule is CC(=O)Nc1ccc(NC(=O)C(=O)Nc2ccccc2)cc1. The van der Waals surface area contributed by atoms with Gasteiger partial charge >= 0.3 is 11.8 Å². The van der Waals surface area contributed by atoms with Crippen molar-refractivity contribution in [2.75, 3.05) is 16.0 Å². The maximum absolute atomic E-state index is 11.8. The molecule has 0 saturated heterocycles. The first-order chi connectivity index (χ1) is 10.5. The zero-order chi connectivity index (χ0) is 15.9. The standard InChI is InChI=1S/C16H15N3O3/c1-11(20)17-13-7-9-14(10-8-13)19-16(22)15(21)18-12-5-3-2-4-6-12/h2-10H,1H3,(H,17,20)(H,18,21)(H,19,22). The predicted octanol–water partition coefficient (Wildman–Crippen LogP) is 2.22. The maximum atomic E-state index is 11.8. The van der Waals surface area contributed by atoms with Gasteiger partial charge in [0.25, 0.3) is 0 Å². The smallest absolute Gasteiger partial charge is 0.314 e. The molecule has 6 heteroatoms. The zero-order valence-electron chi connectivity index (χ0n) is 11.9. The lowest BCUT2D eigenvalue weighted by Gasteiger charge is -2.07. The second-order valence-corrected chi connectivity index (χ2v) is 4.53. The van der Waals surface area contributed by atoms with Crippen LogP contribution < -0.4 is 16.0 Å². The summed E-state index contributed by atoms with van der Waals surface area (Å²) in [6.07, 6.45) is 0. The highest BCUT2D eigenvalue weighted by atomic mass is 16.2. The minimum atomic E-state index is -0.767. The van der Waals surface area contributed by atoms with E-state index in [0.29, 0.717) is 17.1 Å². The summed E-state index contributed by atoms with van der Waals surface area (Å²) in [7, 11) is 0. The van der Waals surface area contributed by atoms with Crippen LogP contribution >= 0.6 is 0 Å². The zero-order valence-corrected chi connectivity index (χ0v) is 11.9. The van der Waals surface area contributed by atoms with E-state index in [-0.39, 0.29) is 5.91 Å². The highest BCUT2D eigenvalue weighted by molar-refractivity contribution is 6.43. The van der Waals surface area contributed by atoms with Gasteiger partial charge in [0.15, 0.2) is 0 Å². The van der Waals surface area contributed by atoms with Crippen LogP contribution in [0.3, 0.4) is 0 Å². The summed E-state index contributed by atoms with van der Waals surface area (Å²) in [5, 5.41) is 7.58. The molecule has 0 aliphatic heterocycles. The van der Waals surface area contributed by atoms with Crippen LogP contribution in [0.15, 0.2) is 54.6 Å². The van der Waals surface area contributed by atoms with Crippen LogP contribution in [0.25, 0.3) is 0 Å². The molecule has 0 fully saturated rings. The highest BCUT2D eigenvalue weighted by Crippen LogP contribution is 2.13. The molecule has 0 spiro atoms. The summed E-state index contributed by atoms with van der Waals surface area (Å²) >= 11 is 0. The maximum Gasteiger partial charge on any atom is 0.314 e. The lowest BCUT2D eigenvalue weighted by atomic mass is 10.2. The van der Waals surface area contributed by atoms with Crippen LogP contribution in [0.2, 0.25) is 0 Å². The number of hydrogen-bond donors (Lipinski definition) is 3. The van der Waals surface area contributed by atoms with Crippen LogP contribution in [0.1, 0.15) is 6.92 Å². The van der Waals surface area contributed by atoms with Crippen molar-refractivity contribution in [3.8, 4) is 0 Å². The summed E-state index contributed by atoms with van der Waals surface area (Å²) in [5.41, 5.74) is 1.62. The average molecular weight is 297 g/mol. The third-order valence-corrected chi connectivity index (χ3v) is 2.70. The fraction of sp³-hybridized carbons (Fsp3) is 0.0625. The molecule has 2 aromatic carbocycles. The molecule has 6 nitrogen and oxygen atoms in total. The van der Waals surface area contributed by atoms with Crippen LogP contribution in [-0.4, -0.2) is 17.7 Å². The van der Waals surface area contributed by atoms with E-state index in [2.05, 4.69) is 16.0 Å². The van der Waals surface area contributed by atoms with Crippen molar-refractivity contribution in [1.82, 2.24) is 0 Å². The quantitative estimate of drug-likeness (QED) is 0.759. The molecular formula is C16H15N3O3. The van der Waals surface area contributed by atoms with E-state index >= 15 is 0 Å². The summed E-state index contributed by atoms with van der Waals surface area (Å²) in [5.74, 6) is -1.70. The normalized spacial score (nSPS) is 9.68. The minimum Gasteiger partial charge on any atom is -0.326 e. The number of amides is 3. The highest BCUT2D eigenvalue weighted by Gasteiger charge is 2.13. The molecular weight excluding hydrogens is 282 g/mol. The Labute approximate surface area is 127 Å². The molecule has 2 rings (SSSR count). The van der Waals surface area contributed by atoms with E-state index in [9.17, 15) is 14.4 Å². The predicted molar refractivity (Wildman–Crippen MR) is 84.4 cm³/mol. The van der Waals surface area contributed by atoms with Crippen molar-refractivity contribution in [2.24, 2.45) is 0 Å². The summed E-state index contributed by atoms with van der Waals surface area (Å²) in [6, 6.07) is 15.2. The van der Waals surface area contributed by atoms with Crippen molar-refractivity contribution in [1.29, 1.82) is 0 Å². The Morgan fingerprint density at radius 3 is 1.50 bits per heavy atom. The van der Waals surface area contributed by atoms with E-state index in [4.69, 9.17) is 0 Å². The molecule has 0 aliphatic rings. The number of benzene rings is 2. The van der Waals surface area contributed by atoms with Crippen molar-refractivity contribution >= 4 is 34.8 Å². The third kappa shape index (κ3) is 4.45. The minimum absolute atomic E-state index is 0.181.